The summed E-state index contributed by atoms with van der Waals surface area (Å²) < 4.78 is 7.49. The van der Waals surface area contributed by atoms with Crippen molar-refractivity contribution in [1.29, 1.82) is 0 Å². The van der Waals surface area contributed by atoms with Crippen LogP contribution in [0.15, 0.2) is 11.2 Å². The van der Waals surface area contributed by atoms with Gasteiger partial charge in [0.1, 0.15) is 10.8 Å². The van der Waals surface area contributed by atoms with Crippen LogP contribution in [0.25, 0.3) is 11.0 Å². The van der Waals surface area contributed by atoms with Crippen molar-refractivity contribution in [3.63, 3.8) is 0 Å². The minimum Gasteiger partial charge on any atom is -0.496 e. The van der Waals surface area contributed by atoms with Gasteiger partial charge in [0.15, 0.2) is 5.65 Å². The van der Waals surface area contributed by atoms with Crippen molar-refractivity contribution in [2.45, 2.75) is 70.6 Å². The lowest BCUT2D eigenvalue weighted by Crippen LogP contribution is -2.40. The van der Waals surface area contributed by atoms with Crippen LogP contribution in [0.2, 0.25) is 0 Å². The minimum atomic E-state index is 0.278. The zero-order valence-corrected chi connectivity index (χ0v) is 19.7. The first kappa shape index (κ1) is 21.8. The molecule has 0 amide bonds. The number of aryl methyl sites for hydroxylation is 1. The predicted octanol–water partition coefficient (Wildman–Crippen LogP) is 3.27. The molecule has 0 aliphatic carbocycles. The van der Waals surface area contributed by atoms with Gasteiger partial charge in [-0.1, -0.05) is 13.8 Å². The average Bonchev–Trinajstić information content (AvgIpc) is 2.98. The van der Waals surface area contributed by atoms with E-state index in [4.69, 9.17) is 15.6 Å². The molecular formula is C22H31N7OS. The van der Waals surface area contributed by atoms with Crippen molar-refractivity contribution >= 4 is 28.7 Å². The molecule has 3 aromatic heterocycles. The van der Waals surface area contributed by atoms with Crippen LogP contribution in [0.4, 0.5) is 5.95 Å². The van der Waals surface area contributed by atoms with E-state index >= 15 is 0 Å². The summed E-state index contributed by atoms with van der Waals surface area (Å²) in [6.45, 7) is 8.99. The fourth-order valence-electron chi connectivity index (χ4n) is 4.29. The van der Waals surface area contributed by atoms with Crippen LogP contribution in [0.1, 0.15) is 49.2 Å². The molecule has 0 saturated heterocycles. The van der Waals surface area contributed by atoms with Gasteiger partial charge < -0.3 is 15.8 Å². The van der Waals surface area contributed by atoms with Crippen LogP contribution in [0.3, 0.4) is 0 Å². The summed E-state index contributed by atoms with van der Waals surface area (Å²) in [4.78, 5) is 13.7. The van der Waals surface area contributed by atoms with Crippen LogP contribution in [0.5, 0.6) is 5.75 Å². The molecule has 4 rings (SSSR count). The lowest BCUT2D eigenvalue weighted by Gasteiger charge is -2.22. The van der Waals surface area contributed by atoms with Gasteiger partial charge in [-0.2, -0.15) is 10.1 Å². The Morgan fingerprint density at radius 3 is 2.77 bits per heavy atom. The number of nitrogens with one attached hydrogen (secondary N) is 1. The highest BCUT2D eigenvalue weighted by Gasteiger charge is 2.27. The fourth-order valence-corrected chi connectivity index (χ4v) is 5.38. The Morgan fingerprint density at radius 2 is 2.06 bits per heavy atom. The number of rotatable bonds is 7. The van der Waals surface area contributed by atoms with E-state index in [2.05, 4.69) is 34.1 Å². The molecule has 1 aliphatic heterocycles. The normalized spacial score (nSPS) is 16.1. The van der Waals surface area contributed by atoms with E-state index in [1.165, 1.54) is 0 Å². The van der Waals surface area contributed by atoms with E-state index in [-0.39, 0.29) is 5.95 Å². The van der Waals surface area contributed by atoms with Crippen molar-refractivity contribution in [3.8, 4) is 5.75 Å². The Bertz CT molecular complexity index is 1090. The summed E-state index contributed by atoms with van der Waals surface area (Å²) in [5.41, 5.74) is 10.8. The van der Waals surface area contributed by atoms with Gasteiger partial charge in [0, 0.05) is 41.6 Å². The molecule has 31 heavy (non-hydrogen) atoms. The first-order chi connectivity index (χ1) is 14.9. The van der Waals surface area contributed by atoms with E-state index < -0.39 is 0 Å². The van der Waals surface area contributed by atoms with Crippen molar-refractivity contribution in [2.24, 2.45) is 0 Å². The molecule has 8 nitrogen and oxygen atoms in total. The third-order valence-corrected chi connectivity index (χ3v) is 7.15. The Balaban J connectivity index is 1.74. The molecule has 1 atom stereocenters. The second kappa shape index (κ2) is 9.00. The van der Waals surface area contributed by atoms with E-state index in [0.29, 0.717) is 18.6 Å². The Labute approximate surface area is 187 Å². The fraction of sp³-hybridized carbons (Fsp3) is 0.545. The van der Waals surface area contributed by atoms with Gasteiger partial charge in [0.05, 0.1) is 30.4 Å². The highest BCUT2D eigenvalue weighted by Crippen LogP contribution is 2.34. The molecule has 1 aliphatic rings. The number of pyridine rings is 1. The standard InChI is InChI=1S/C22H31N7OS/c1-6-14(7-2)25-15-8-16-18-20(26-22(23)27-21(18)31-11-15)29(28-16)10-17-13(4)19(30-5)12(3)9-24-17/h9,14-15,25H,6-8,10-11H2,1-5H3,(H2,23,26,27). The van der Waals surface area contributed by atoms with Gasteiger partial charge in [0.25, 0.3) is 0 Å². The minimum absolute atomic E-state index is 0.278. The van der Waals surface area contributed by atoms with Crippen molar-refractivity contribution in [2.75, 3.05) is 18.6 Å². The zero-order chi connectivity index (χ0) is 22.1. The monoisotopic (exact) mass is 441 g/mol. The molecule has 9 heteroatoms. The lowest BCUT2D eigenvalue weighted by atomic mass is 10.1. The van der Waals surface area contributed by atoms with Gasteiger partial charge >= 0.3 is 0 Å². The number of methoxy groups -OCH3 is 1. The largest absolute Gasteiger partial charge is 0.496 e. The van der Waals surface area contributed by atoms with Gasteiger partial charge in [-0.25, -0.2) is 9.67 Å². The van der Waals surface area contributed by atoms with Gasteiger partial charge in [-0.3, -0.25) is 4.98 Å². The summed E-state index contributed by atoms with van der Waals surface area (Å²) in [5.74, 6) is 2.08. The second-order valence-electron chi connectivity index (χ2n) is 8.13. The molecule has 4 heterocycles. The van der Waals surface area contributed by atoms with E-state index in [1.54, 1.807) is 18.9 Å². The van der Waals surface area contributed by atoms with Crippen LogP contribution >= 0.6 is 11.8 Å². The van der Waals surface area contributed by atoms with Crippen molar-refractivity contribution < 1.29 is 4.74 Å². The molecule has 0 fully saturated rings. The third kappa shape index (κ3) is 4.21. The number of thioether (sulfide) groups is 1. The van der Waals surface area contributed by atoms with E-state index in [9.17, 15) is 0 Å². The number of anilines is 1. The van der Waals surface area contributed by atoms with E-state index in [0.717, 1.165) is 69.3 Å². The molecule has 166 valence electrons. The van der Waals surface area contributed by atoms with Gasteiger partial charge in [0.2, 0.25) is 5.95 Å². The maximum Gasteiger partial charge on any atom is 0.223 e. The molecule has 0 spiro atoms. The average molecular weight is 442 g/mol. The number of nitrogens with two attached hydrogens (primary N) is 1. The summed E-state index contributed by atoms with van der Waals surface area (Å²) >= 11 is 1.74. The van der Waals surface area contributed by atoms with Crippen LogP contribution < -0.4 is 15.8 Å². The first-order valence-corrected chi connectivity index (χ1v) is 11.8. The third-order valence-electron chi connectivity index (χ3n) is 6.02. The van der Waals surface area contributed by atoms with E-state index in [1.807, 2.05) is 24.7 Å². The molecule has 0 bridgehead atoms. The summed E-state index contributed by atoms with van der Waals surface area (Å²) in [6, 6.07) is 0.837. The number of ether oxygens (including phenoxy) is 1. The maximum atomic E-state index is 6.07. The Hall–Kier alpha value is -2.39. The second-order valence-corrected chi connectivity index (χ2v) is 9.14. The predicted molar refractivity (Wildman–Crippen MR) is 125 cm³/mol. The quantitative estimate of drug-likeness (QED) is 0.539. The molecule has 1 unspecified atom stereocenters. The molecular weight excluding hydrogens is 410 g/mol. The van der Waals surface area contributed by atoms with Crippen LogP contribution in [0, 0.1) is 13.8 Å². The molecule has 0 radical (unpaired) electrons. The van der Waals surface area contributed by atoms with Crippen LogP contribution in [-0.4, -0.2) is 49.7 Å². The molecule has 3 N–H and O–H groups in total. The van der Waals surface area contributed by atoms with Gasteiger partial charge in [-0.15, -0.1) is 11.8 Å². The summed E-state index contributed by atoms with van der Waals surface area (Å²) in [7, 11) is 1.69. The number of nitrogens with zero attached hydrogens (tertiary/aromatic N) is 5. The Morgan fingerprint density at radius 1 is 1.29 bits per heavy atom. The SMILES string of the molecule is CCC(CC)NC1CSc2nc(N)nc3c2c(nn3Cc2ncc(C)c(OC)c2C)C1. The van der Waals surface area contributed by atoms with Gasteiger partial charge in [-0.05, 0) is 26.7 Å². The molecule has 0 aromatic carbocycles. The highest BCUT2D eigenvalue weighted by atomic mass is 32.2. The molecule has 0 saturated carbocycles. The highest BCUT2D eigenvalue weighted by molar-refractivity contribution is 7.99. The smallest absolute Gasteiger partial charge is 0.223 e. The van der Waals surface area contributed by atoms with Crippen LogP contribution in [-0.2, 0) is 13.0 Å². The zero-order valence-electron chi connectivity index (χ0n) is 18.9. The molecule has 3 aromatic rings. The summed E-state index contributed by atoms with van der Waals surface area (Å²) in [5, 5.41) is 10.7. The topological polar surface area (TPSA) is 104 Å². The lowest BCUT2D eigenvalue weighted by molar-refractivity contribution is 0.406. The maximum absolute atomic E-state index is 6.07. The number of nitrogen functional groups attached to an aromatic ring is 1. The van der Waals surface area contributed by atoms with Crippen molar-refractivity contribution in [3.05, 3.63) is 28.7 Å². The number of hydrogen-bond donors (Lipinski definition) is 2. The number of hydrogen-bond acceptors (Lipinski definition) is 8. The summed E-state index contributed by atoms with van der Waals surface area (Å²) in [6.07, 6.45) is 4.91. The first-order valence-electron chi connectivity index (χ1n) is 10.9. The number of aromatic nitrogens is 5. The van der Waals surface area contributed by atoms with Crippen molar-refractivity contribution in [1.82, 2.24) is 30.0 Å². The Kier molecular flexibility index (Phi) is 6.34.